The number of hydrogen-bond donors (Lipinski definition) is 2. The number of anilines is 1. The number of methoxy groups -OCH3 is 1. The van der Waals surface area contributed by atoms with Gasteiger partial charge in [-0.15, -0.1) is 0 Å². The van der Waals surface area contributed by atoms with Crippen molar-refractivity contribution in [2.45, 2.75) is 75.7 Å². The maximum Gasteiger partial charge on any atom is 0.246 e. The molecule has 3 aliphatic heterocycles. The second-order valence-electron chi connectivity index (χ2n) is 11.5. The topological polar surface area (TPSA) is 100 Å². The van der Waals surface area contributed by atoms with Gasteiger partial charge in [0, 0.05) is 24.8 Å². The van der Waals surface area contributed by atoms with E-state index in [1.165, 1.54) is 6.42 Å². The van der Waals surface area contributed by atoms with Gasteiger partial charge in [0.2, 0.25) is 17.7 Å². The number of rotatable bonds is 11. The molecule has 4 aliphatic rings. The van der Waals surface area contributed by atoms with Gasteiger partial charge in [-0.25, -0.2) is 0 Å². The third-order valence-electron chi connectivity index (χ3n) is 8.85. The van der Waals surface area contributed by atoms with E-state index < -0.39 is 29.6 Å². The Bertz CT molecular complexity index is 1090. The number of hydrogen-bond acceptors (Lipinski definition) is 6. The molecule has 0 radical (unpaired) electrons. The number of fused-ring (bicyclic) bond motifs is 1. The van der Waals surface area contributed by atoms with Crippen LogP contribution in [-0.4, -0.2) is 85.1 Å². The summed E-state index contributed by atoms with van der Waals surface area (Å²) in [5.41, 5.74) is -0.516. The number of likely N-dealkylation sites (N-methyl/N-ethyl adjacent to an activating group) is 1. The third kappa shape index (κ3) is 5.31. The predicted octanol–water partition coefficient (Wildman–Crippen LogP) is 2.97. The molecule has 5 rings (SSSR count). The van der Waals surface area contributed by atoms with Gasteiger partial charge in [0.25, 0.3) is 0 Å². The number of nitrogens with one attached hydrogen (secondary N) is 2. The van der Waals surface area contributed by atoms with Gasteiger partial charge in [-0.1, -0.05) is 44.8 Å². The van der Waals surface area contributed by atoms with E-state index in [0.717, 1.165) is 45.1 Å². The lowest BCUT2D eigenvalue weighted by molar-refractivity contribution is -0.141. The van der Waals surface area contributed by atoms with Crippen LogP contribution in [0.15, 0.2) is 36.4 Å². The molecule has 2 saturated heterocycles. The Balaban J connectivity index is 1.39. The fourth-order valence-corrected chi connectivity index (χ4v) is 6.75. The molecule has 1 aliphatic carbocycles. The summed E-state index contributed by atoms with van der Waals surface area (Å²) in [6, 6.07) is 6.41. The van der Waals surface area contributed by atoms with Crippen LogP contribution in [0.25, 0.3) is 0 Å². The summed E-state index contributed by atoms with van der Waals surface area (Å²) < 4.78 is 11.7. The molecule has 2 bridgehead atoms. The summed E-state index contributed by atoms with van der Waals surface area (Å²) in [5, 5.41) is 6.21. The highest BCUT2D eigenvalue weighted by atomic mass is 16.5. The molecule has 0 aromatic heterocycles. The highest BCUT2D eigenvalue weighted by molar-refractivity contribution is 6.02. The second kappa shape index (κ2) is 11.7. The molecule has 2 N–H and O–H groups in total. The Morgan fingerprint density at radius 2 is 1.87 bits per heavy atom. The number of unbranched alkanes of at least 4 members (excludes halogenated alkanes) is 1. The predicted molar refractivity (Wildman–Crippen MR) is 148 cm³/mol. The molecule has 212 valence electrons. The van der Waals surface area contributed by atoms with Crippen LogP contribution in [0.2, 0.25) is 0 Å². The van der Waals surface area contributed by atoms with Crippen LogP contribution >= 0.6 is 0 Å². The maximum atomic E-state index is 14.1. The molecular formula is C30H42N4O5. The summed E-state index contributed by atoms with van der Waals surface area (Å²) >= 11 is 0. The molecule has 9 nitrogen and oxygen atoms in total. The fraction of sp³-hybridized carbons (Fsp3) is 0.633. The first-order valence-corrected chi connectivity index (χ1v) is 14.5. The van der Waals surface area contributed by atoms with Crippen LogP contribution in [0, 0.1) is 11.8 Å². The van der Waals surface area contributed by atoms with E-state index in [9.17, 15) is 14.4 Å². The Hall–Kier alpha value is -2.91. The van der Waals surface area contributed by atoms with Gasteiger partial charge in [-0.2, -0.15) is 0 Å². The third-order valence-corrected chi connectivity index (χ3v) is 8.85. The highest BCUT2D eigenvalue weighted by Gasteiger charge is 2.72. The molecule has 1 spiro atoms. The van der Waals surface area contributed by atoms with Gasteiger partial charge in [0.1, 0.15) is 17.4 Å². The van der Waals surface area contributed by atoms with E-state index in [-0.39, 0.29) is 23.8 Å². The largest absolute Gasteiger partial charge is 0.497 e. The molecule has 1 saturated carbocycles. The summed E-state index contributed by atoms with van der Waals surface area (Å²) in [5.74, 6) is -1.38. The number of likely N-dealkylation sites (tertiary alicyclic amines) is 1. The lowest BCUT2D eigenvalue weighted by atomic mass is 9.74. The quantitative estimate of drug-likeness (QED) is 0.420. The molecule has 9 heteroatoms. The zero-order valence-electron chi connectivity index (χ0n) is 23.4. The molecular weight excluding hydrogens is 496 g/mol. The number of ether oxygens (including phenoxy) is 2. The summed E-state index contributed by atoms with van der Waals surface area (Å²) in [4.78, 5) is 45.4. The van der Waals surface area contributed by atoms with E-state index in [4.69, 9.17) is 9.47 Å². The molecule has 3 amide bonds. The van der Waals surface area contributed by atoms with Gasteiger partial charge in [-0.3, -0.25) is 14.4 Å². The number of carbonyl (C=O) groups is 3. The number of benzene rings is 1. The zero-order valence-corrected chi connectivity index (χ0v) is 23.4. The average Bonchev–Trinajstić information content (AvgIpc) is 3.59. The molecule has 5 atom stereocenters. The van der Waals surface area contributed by atoms with Crippen molar-refractivity contribution in [2.24, 2.45) is 11.8 Å². The smallest absolute Gasteiger partial charge is 0.246 e. The average molecular weight is 539 g/mol. The van der Waals surface area contributed by atoms with Crippen LogP contribution in [0.3, 0.4) is 0 Å². The van der Waals surface area contributed by atoms with E-state index >= 15 is 0 Å². The normalized spacial score (nSPS) is 29.6. The number of amides is 3. The SMILES string of the molecule is CCCCN(C)CCN1C(=O)[C@@H]2[C@H](C(=O)Nc3ccc(OC)cc3)[C@@H]3C=C[C@@]2(O3)[C@H]1C(=O)NC1CCCCC1. The molecule has 1 aromatic rings. The Labute approximate surface area is 231 Å². The van der Waals surface area contributed by atoms with Crippen LogP contribution in [0.5, 0.6) is 5.75 Å². The van der Waals surface area contributed by atoms with Gasteiger partial charge in [0.15, 0.2) is 0 Å². The van der Waals surface area contributed by atoms with E-state index in [0.29, 0.717) is 24.5 Å². The lowest BCUT2D eigenvalue weighted by Gasteiger charge is -2.34. The monoisotopic (exact) mass is 538 g/mol. The van der Waals surface area contributed by atoms with Crippen molar-refractivity contribution in [3.8, 4) is 5.75 Å². The lowest BCUT2D eigenvalue weighted by Crippen LogP contribution is -2.57. The van der Waals surface area contributed by atoms with Gasteiger partial charge < -0.3 is 29.9 Å². The molecule has 3 heterocycles. The summed E-state index contributed by atoms with van der Waals surface area (Å²) in [7, 11) is 3.63. The first-order valence-electron chi connectivity index (χ1n) is 14.5. The first kappa shape index (κ1) is 27.6. The molecule has 1 aromatic carbocycles. The van der Waals surface area contributed by atoms with Gasteiger partial charge in [0.05, 0.1) is 25.0 Å². The van der Waals surface area contributed by atoms with Crippen LogP contribution in [0.1, 0.15) is 51.9 Å². The van der Waals surface area contributed by atoms with Crippen LogP contribution in [-0.2, 0) is 19.1 Å². The molecule has 39 heavy (non-hydrogen) atoms. The van der Waals surface area contributed by atoms with Crippen LogP contribution in [0.4, 0.5) is 5.69 Å². The van der Waals surface area contributed by atoms with E-state index in [1.54, 1.807) is 36.3 Å². The molecule has 3 fully saturated rings. The van der Waals surface area contributed by atoms with Crippen molar-refractivity contribution in [3.05, 3.63) is 36.4 Å². The van der Waals surface area contributed by atoms with Crippen molar-refractivity contribution in [2.75, 3.05) is 39.1 Å². The van der Waals surface area contributed by atoms with E-state index in [2.05, 4.69) is 22.5 Å². The maximum absolute atomic E-state index is 14.1. The van der Waals surface area contributed by atoms with Crippen molar-refractivity contribution >= 4 is 23.4 Å². The summed E-state index contributed by atoms with van der Waals surface area (Å²) in [6.07, 6.45) is 10.7. The zero-order chi connectivity index (χ0) is 27.6. The van der Waals surface area contributed by atoms with Gasteiger partial charge in [-0.05, 0) is 57.1 Å². The van der Waals surface area contributed by atoms with Gasteiger partial charge >= 0.3 is 0 Å². The van der Waals surface area contributed by atoms with Crippen molar-refractivity contribution < 1.29 is 23.9 Å². The minimum atomic E-state index is -1.13. The van der Waals surface area contributed by atoms with Crippen LogP contribution < -0.4 is 15.4 Å². The standard InChI is InChI=1S/C30H42N4O5/c1-4-5-17-33(2)18-19-34-26(28(36)32-20-9-7-6-8-10-20)30-16-15-23(39-30)24(25(30)29(34)37)27(35)31-21-11-13-22(38-3)14-12-21/h11-16,20,23-26H,4-10,17-19H2,1-3H3,(H,31,35)(H,32,36)/t23-,24+,25-,26+,30-/m0/s1. The Morgan fingerprint density at radius 3 is 2.56 bits per heavy atom. The minimum absolute atomic E-state index is 0.114. The Morgan fingerprint density at radius 1 is 1.13 bits per heavy atom. The minimum Gasteiger partial charge on any atom is -0.497 e. The Kier molecular flexibility index (Phi) is 8.28. The van der Waals surface area contributed by atoms with Crippen molar-refractivity contribution in [3.63, 3.8) is 0 Å². The number of nitrogens with zero attached hydrogens (tertiary/aromatic N) is 2. The van der Waals surface area contributed by atoms with Crippen molar-refractivity contribution in [1.29, 1.82) is 0 Å². The fourth-order valence-electron chi connectivity index (χ4n) is 6.75. The van der Waals surface area contributed by atoms with E-state index in [1.807, 2.05) is 19.2 Å². The highest BCUT2D eigenvalue weighted by Crippen LogP contribution is 2.55. The van der Waals surface area contributed by atoms with Crippen molar-refractivity contribution in [1.82, 2.24) is 15.1 Å². The number of carbonyl (C=O) groups excluding carboxylic acids is 3. The second-order valence-corrected chi connectivity index (χ2v) is 11.5. The molecule has 0 unspecified atom stereocenters. The summed E-state index contributed by atoms with van der Waals surface area (Å²) in [6.45, 7) is 4.14. The first-order chi connectivity index (χ1) is 18.9.